The van der Waals surface area contributed by atoms with Gasteiger partial charge >= 0.3 is 0 Å². The Balaban J connectivity index is 2.50. The summed E-state index contributed by atoms with van der Waals surface area (Å²) >= 11 is 0. The predicted molar refractivity (Wildman–Crippen MR) is 68.5 cm³/mol. The molecule has 3 unspecified atom stereocenters. The average molecular weight is 252 g/mol. The maximum absolute atomic E-state index is 11.8. The van der Waals surface area contributed by atoms with Crippen LogP contribution in [0, 0.1) is 0 Å². The molecule has 2 N–H and O–H groups in total. The van der Waals surface area contributed by atoms with Gasteiger partial charge in [0.15, 0.2) is 5.78 Å². The van der Waals surface area contributed by atoms with Crippen LogP contribution in [0.4, 0.5) is 0 Å². The lowest BCUT2D eigenvalue weighted by Crippen LogP contribution is -2.28. The van der Waals surface area contributed by atoms with Crippen LogP contribution in [0.5, 0.6) is 0 Å². The molecule has 1 rings (SSSR count). The van der Waals surface area contributed by atoms with Crippen molar-refractivity contribution in [3.63, 3.8) is 0 Å². The molecule has 0 aliphatic rings. The predicted octanol–water partition coefficient (Wildman–Crippen LogP) is 1.41. The number of aliphatic hydroxyl groups excluding tert-OH is 2. The Morgan fingerprint density at radius 1 is 1.22 bits per heavy atom. The van der Waals surface area contributed by atoms with Crippen LogP contribution in [0.25, 0.3) is 0 Å². The average Bonchev–Trinajstić information content (AvgIpc) is 2.38. The van der Waals surface area contributed by atoms with Crippen molar-refractivity contribution in [2.45, 2.75) is 38.1 Å². The zero-order valence-electron chi connectivity index (χ0n) is 10.7. The Morgan fingerprint density at radius 3 is 2.39 bits per heavy atom. The molecular formula is C14H20O4. The minimum absolute atomic E-state index is 0.0292. The summed E-state index contributed by atoms with van der Waals surface area (Å²) < 4.78 is 5.02. The molecule has 0 radical (unpaired) electrons. The Labute approximate surface area is 107 Å². The quantitative estimate of drug-likeness (QED) is 0.720. The van der Waals surface area contributed by atoms with Gasteiger partial charge in [-0.25, -0.2) is 0 Å². The van der Waals surface area contributed by atoms with Gasteiger partial charge < -0.3 is 14.9 Å². The summed E-state index contributed by atoms with van der Waals surface area (Å²) in [5, 5.41) is 19.5. The van der Waals surface area contributed by atoms with Crippen LogP contribution in [-0.2, 0) is 4.74 Å². The molecule has 18 heavy (non-hydrogen) atoms. The molecule has 4 nitrogen and oxygen atoms in total. The molecule has 0 saturated heterocycles. The van der Waals surface area contributed by atoms with Crippen molar-refractivity contribution in [3.05, 3.63) is 35.9 Å². The molecule has 0 spiro atoms. The van der Waals surface area contributed by atoms with Gasteiger partial charge in [0.2, 0.25) is 0 Å². The summed E-state index contributed by atoms with van der Waals surface area (Å²) in [6.07, 6.45) is -1.59. The second-order valence-corrected chi connectivity index (χ2v) is 4.42. The number of hydrogen-bond acceptors (Lipinski definition) is 4. The number of rotatable bonds is 7. The molecule has 4 heteroatoms. The van der Waals surface area contributed by atoms with E-state index in [1.165, 1.54) is 0 Å². The highest BCUT2D eigenvalue weighted by atomic mass is 16.5. The van der Waals surface area contributed by atoms with E-state index in [0.29, 0.717) is 12.0 Å². The van der Waals surface area contributed by atoms with Gasteiger partial charge in [0.05, 0.1) is 12.2 Å². The second-order valence-electron chi connectivity index (χ2n) is 4.42. The monoisotopic (exact) mass is 252 g/mol. The third-order valence-corrected chi connectivity index (χ3v) is 2.86. The highest BCUT2D eigenvalue weighted by molar-refractivity contribution is 5.99. The fourth-order valence-corrected chi connectivity index (χ4v) is 1.74. The molecule has 0 bridgehead atoms. The number of carbonyl (C=O) groups excluding carboxylic acids is 1. The van der Waals surface area contributed by atoms with Crippen molar-refractivity contribution in [2.24, 2.45) is 0 Å². The van der Waals surface area contributed by atoms with E-state index in [2.05, 4.69) is 0 Å². The van der Waals surface area contributed by atoms with E-state index in [-0.39, 0.29) is 18.3 Å². The summed E-state index contributed by atoms with van der Waals surface area (Å²) in [5.74, 6) is -0.361. The molecule has 0 fully saturated rings. The van der Waals surface area contributed by atoms with E-state index >= 15 is 0 Å². The van der Waals surface area contributed by atoms with Gasteiger partial charge in [-0.2, -0.15) is 0 Å². The molecule has 0 heterocycles. The Hall–Kier alpha value is -1.23. The molecule has 100 valence electrons. The molecule has 0 aliphatic heterocycles. The summed E-state index contributed by atoms with van der Waals surface area (Å²) in [7, 11) is 1.56. The smallest absolute Gasteiger partial charge is 0.191 e. The van der Waals surface area contributed by atoms with Crippen molar-refractivity contribution in [1.29, 1.82) is 0 Å². The van der Waals surface area contributed by atoms with Gasteiger partial charge in [-0.15, -0.1) is 0 Å². The highest BCUT2D eigenvalue weighted by Crippen LogP contribution is 2.11. The number of benzene rings is 1. The van der Waals surface area contributed by atoms with Gasteiger partial charge in [0.25, 0.3) is 0 Å². The summed E-state index contributed by atoms with van der Waals surface area (Å²) in [6, 6.07) is 8.58. The number of ketones is 1. The first-order valence-corrected chi connectivity index (χ1v) is 6.02. The molecule has 0 aromatic heterocycles. The van der Waals surface area contributed by atoms with Crippen LogP contribution in [0.3, 0.4) is 0 Å². The Morgan fingerprint density at radius 2 is 1.83 bits per heavy atom. The van der Waals surface area contributed by atoms with Gasteiger partial charge in [-0.05, 0) is 13.3 Å². The van der Waals surface area contributed by atoms with Crippen molar-refractivity contribution < 1.29 is 19.7 Å². The number of aliphatic hydroxyl groups is 2. The number of carbonyl (C=O) groups is 1. The summed E-state index contributed by atoms with van der Waals surface area (Å²) in [6.45, 7) is 1.83. The maximum Gasteiger partial charge on any atom is 0.191 e. The van der Waals surface area contributed by atoms with Crippen LogP contribution in [0.15, 0.2) is 30.3 Å². The van der Waals surface area contributed by atoms with Crippen LogP contribution in [0.1, 0.15) is 30.1 Å². The lowest BCUT2D eigenvalue weighted by Gasteiger charge is -2.17. The van der Waals surface area contributed by atoms with Crippen molar-refractivity contribution >= 4 is 5.78 Å². The van der Waals surface area contributed by atoms with Gasteiger partial charge in [-0.1, -0.05) is 30.3 Å². The van der Waals surface area contributed by atoms with E-state index in [9.17, 15) is 15.0 Å². The topological polar surface area (TPSA) is 66.8 Å². The first-order valence-electron chi connectivity index (χ1n) is 6.02. The summed E-state index contributed by atoms with van der Waals surface area (Å²) in [5.41, 5.74) is 0.456. The zero-order chi connectivity index (χ0) is 13.5. The molecule has 1 aromatic carbocycles. The third kappa shape index (κ3) is 4.56. The van der Waals surface area contributed by atoms with Crippen molar-refractivity contribution in [2.75, 3.05) is 7.11 Å². The van der Waals surface area contributed by atoms with Gasteiger partial charge in [-0.3, -0.25) is 4.79 Å². The molecule has 1 aromatic rings. The largest absolute Gasteiger partial charge is 0.393 e. The fraction of sp³-hybridized carbons (Fsp3) is 0.500. The first-order chi connectivity index (χ1) is 8.54. The van der Waals surface area contributed by atoms with E-state index in [4.69, 9.17) is 4.74 Å². The minimum Gasteiger partial charge on any atom is -0.393 e. The SMILES string of the molecule is COC(C)CC(O)CC(O)C(=O)c1ccccc1. The lowest BCUT2D eigenvalue weighted by atomic mass is 9.99. The normalized spacial score (nSPS) is 16.0. The van der Waals surface area contributed by atoms with E-state index in [1.54, 1.807) is 37.4 Å². The maximum atomic E-state index is 11.8. The Kier molecular flexibility index (Phi) is 5.98. The van der Waals surface area contributed by atoms with Crippen LogP contribution < -0.4 is 0 Å². The number of methoxy groups -OCH3 is 1. The Bertz CT molecular complexity index is 363. The van der Waals surface area contributed by atoms with Crippen molar-refractivity contribution in [3.8, 4) is 0 Å². The molecule has 0 aliphatic carbocycles. The first kappa shape index (κ1) is 14.8. The molecule has 0 amide bonds. The van der Waals surface area contributed by atoms with Gasteiger partial charge in [0.1, 0.15) is 6.10 Å². The number of hydrogen-bond donors (Lipinski definition) is 2. The summed E-state index contributed by atoms with van der Waals surface area (Å²) in [4.78, 5) is 11.8. The minimum atomic E-state index is -1.17. The van der Waals surface area contributed by atoms with E-state index in [1.807, 2.05) is 6.92 Å². The van der Waals surface area contributed by atoms with Crippen LogP contribution in [0.2, 0.25) is 0 Å². The standard InChI is InChI=1S/C14H20O4/c1-10(18-2)8-12(15)9-13(16)14(17)11-6-4-3-5-7-11/h3-7,10,12-13,15-16H,8-9H2,1-2H3. The van der Waals surface area contributed by atoms with Crippen LogP contribution in [-0.4, -0.2) is 41.4 Å². The second kappa shape index (κ2) is 7.26. The molecule has 0 saturated carbocycles. The van der Waals surface area contributed by atoms with E-state index < -0.39 is 12.2 Å². The highest BCUT2D eigenvalue weighted by Gasteiger charge is 2.21. The molecular weight excluding hydrogens is 232 g/mol. The van der Waals surface area contributed by atoms with Crippen molar-refractivity contribution in [1.82, 2.24) is 0 Å². The van der Waals surface area contributed by atoms with Crippen LogP contribution >= 0.6 is 0 Å². The fourth-order valence-electron chi connectivity index (χ4n) is 1.74. The zero-order valence-corrected chi connectivity index (χ0v) is 10.7. The number of Topliss-reactive ketones (excluding diaryl/α,β-unsaturated/α-hetero) is 1. The lowest BCUT2D eigenvalue weighted by molar-refractivity contribution is 0.0266. The van der Waals surface area contributed by atoms with Gasteiger partial charge in [0, 0.05) is 19.1 Å². The van der Waals surface area contributed by atoms with E-state index in [0.717, 1.165) is 0 Å². The third-order valence-electron chi connectivity index (χ3n) is 2.86. The number of ether oxygens (including phenoxy) is 1. The molecule has 3 atom stereocenters.